The lowest BCUT2D eigenvalue weighted by Gasteiger charge is -2.36. The standard InChI is InChI=1S/C35H52N2O8/c1-4-8-26-21-23(2)17-20-43-35(42)31-16-15-30(44-31)32(39)33(40)37-19-6-5-10-27(37)34(41)45-29(24(3)11-13-28(26)38)14-12-25-9-7-18-36-22-25/h4,21,24-27,29-31,36H,1,5-20,22H2,2-3H3/b23-21+/t24?,25?,26?,27-,29?,30+,31?/m0/s1. The first kappa shape index (κ1) is 35.0. The van der Waals surface area contributed by atoms with Crippen LogP contribution >= 0.6 is 0 Å². The van der Waals surface area contributed by atoms with E-state index < -0.39 is 48.0 Å². The van der Waals surface area contributed by atoms with Gasteiger partial charge in [-0.05, 0) is 102 Å². The van der Waals surface area contributed by atoms with Gasteiger partial charge in [-0.3, -0.25) is 14.4 Å². The van der Waals surface area contributed by atoms with Gasteiger partial charge in [-0.2, -0.15) is 0 Å². The van der Waals surface area contributed by atoms with E-state index in [1.807, 2.05) is 19.9 Å². The first-order chi connectivity index (χ1) is 21.7. The first-order valence-corrected chi connectivity index (χ1v) is 17.1. The van der Waals surface area contributed by atoms with Gasteiger partial charge in [0.2, 0.25) is 5.78 Å². The fourth-order valence-corrected chi connectivity index (χ4v) is 7.01. The zero-order valence-corrected chi connectivity index (χ0v) is 27.1. The molecule has 3 saturated heterocycles. The molecule has 4 rings (SSSR count). The lowest BCUT2D eigenvalue weighted by atomic mass is 9.86. The van der Waals surface area contributed by atoms with E-state index in [2.05, 4.69) is 11.9 Å². The fourth-order valence-electron chi connectivity index (χ4n) is 7.01. The van der Waals surface area contributed by atoms with E-state index in [0.717, 1.165) is 44.3 Å². The Hall–Kier alpha value is -2.85. The van der Waals surface area contributed by atoms with Crippen molar-refractivity contribution < 1.29 is 38.2 Å². The molecular formula is C35H52N2O8. The van der Waals surface area contributed by atoms with Crippen molar-refractivity contribution in [2.45, 2.75) is 122 Å². The Morgan fingerprint density at radius 1 is 0.956 bits per heavy atom. The number of rotatable bonds is 5. The average Bonchev–Trinajstić information content (AvgIpc) is 3.55. The van der Waals surface area contributed by atoms with Crippen molar-refractivity contribution in [3.8, 4) is 0 Å². The molecule has 5 unspecified atom stereocenters. The number of carbonyl (C=O) groups is 5. The highest BCUT2D eigenvalue weighted by Crippen LogP contribution is 2.29. The lowest BCUT2D eigenvalue weighted by Crippen LogP contribution is -2.53. The number of hydrogen-bond acceptors (Lipinski definition) is 9. The molecular weight excluding hydrogens is 576 g/mol. The van der Waals surface area contributed by atoms with Crippen LogP contribution in [0.2, 0.25) is 0 Å². The van der Waals surface area contributed by atoms with Gasteiger partial charge in [0, 0.05) is 25.3 Å². The van der Waals surface area contributed by atoms with E-state index >= 15 is 0 Å². The predicted molar refractivity (Wildman–Crippen MR) is 168 cm³/mol. The number of ketones is 2. The summed E-state index contributed by atoms with van der Waals surface area (Å²) in [6.45, 7) is 10.1. The molecule has 4 aliphatic heterocycles. The van der Waals surface area contributed by atoms with E-state index in [9.17, 15) is 24.0 Å². The maximum absolute atomic E-state index is 13.7. The number of ether oxygens (including phenoxy) is 3. The number of piperidine rings is 2. The van der Waals surface area contributed by atoms with Crippen LogP contribution < -0.4 is 5.32 Å². The zero-order valence-electron chi connectivity index (χ0n) is 27.1. The van der Waals surface area contributed by atoms with Crippen molar-refractivity contribution >= 4 is 29.4 Å². The summed E-state index contributed by atoms with van der Waals surface area (Å²) in [6, 6.07) is -0.857. The molecule has 2 bridgehead atoms. The van der Waals surface area contributed by atoms with Crippen LogP contribution in [-0.2, 0) is 38.2 Å². The van der Waals surface area contributed by atoms with Crippen molar-refractivity contribution in [1.82, 2.24) is 10.2 Å². The van der Waals surface area contributed by atoms with Gasteiger partial charge >= 0.3 is 11.9 Å². The Kier molecular flexibility index (Phi) is 13.4. The van der Waals surface area contributed by atoms with E-state index in [4.69, 9.17) is 14.2 Å². The molecule has 0 aromatic heterocycles. The molecule has 0 aromatic carbocycles. The molecule has 0 spiro atoms. The Morgan fingerprint density at radius 3 is 2.51 bits per heavy atom. The summed E-state index contributed by atoms with van der Waals surface area (Å²) in [6.07, 6.45) is 9.31. The van der Waals surface area contributed by atoms with Gasteiger partial charge in [0.05, 0.1) is 6.61 Å². The SMILES string of the molecule is C=CCC1/C=C(\C)CCOC(=O)C2CC[C@@H](O2)C(=O)C(=O)N2CCCC[C@H]2C(=O)OC(CCC2CCCNC2)C(C)CCC1=O. The largest absolute Gasteiger partial charge is 0.463 e. The molecule has 0 saturated carbocycles. The molecule has 0 aliphatic carbocycles. The van der Waals surface area contributed by atoms with Gasteiger partial charge in [0.15, 0.2) is 6.10 Å². The van der Waals surface area contributed by atoms with Gasteiger partial charge in [-0.25, -0.2) is 9.59 Å². The van der Waals surface area contributed by atoms with Crippen molar-refractivity contribution in [1.29, 1.82) is 0 Å². The van der Waals surface area contributed by atoms with Crippen LogP contribution in [0.3, 0.4) is 0 Å². The monoisotopic (exact) mass is 628 g/mol. The molecule has 0 radical (unpaired) electrons. The number of cyclic esters (lactones) is 2. The normalized spacial score (nSPS) is 34.5. The highest BCUT2D eigenvalue weighted by atomic mass is 16.6. The van der Waals surface area contributed by atoms with Crippen molar-refractivity contribution in [2.24, 2.45) is 17.8 Å². The minimum atomic E-state index is -1.05. The number of Topliss-reactive ketones (excluding diaryl/α,β-unsaturated/α-hetero) is 2. The Morgan fingerprint density at radius 2 is 1.76 bits per heavy atom. The number of nitrogens with one attached hydrogen (secondary N) is 1. The number of amides is 1. The van der Waals surface area contributed by atoms with Gasteiger partial charge in [0.1, 0.15) is 24.0 Å². The summed E-state index contributed by atoms with van der Waals surface area (Å²) in [5.41, 5.74) is 0.928. The fraction of sp³-hybridized carbons (Fsp3) is 0.743. The van der Waals surface area contributed by atoms with Gasteiger partial charge in [-0.1, -0.05) is 24.6 Å². The summed E-state index contributed by atoms with van der Waals surface area (Å²) < 4.78 is 17.4. The maximum Gasteiger partial charge on any atom is 0.335 e. The van der Waals surface area contributed by atoms with Crippen LogP contribution in [0, 0.1) is 17.8 Å². The quantitative estimate of drug-likeness (QED) is 0.270. The Bertz CT molecular complexity index is 1110. The first-order valence-electron chi connectivity index (χ1n) is 17.1. The third-order valence-corrected chi connectivity index (χ3v) is 9.89. The molecule has 3 fully saturated rings. The number of carbonyl (C=O) groups excluding carboxylic acids is 5. The summed E-state index contributed by atoms with van der Waals surface area (Å²) in [5, 5.41) is 3.45. The molecule has 4 aliphatic rings. The minimum absolute atomic E-state index is 0.0735. The van der Waals surface area contributed by atoms with Gasteiger partial charge < -0.3 is 24.4 Å². The summed E-state index contributed by atoms with van der Waals surface area (Å²) in [5.74, 6) is -2.38. The van der Waals surface area contributed by atoms with Crippen LogP contribution in [0.5, 0.6) is 0 Å². The second-order valence-corrected chi connectivity index (χ2v) is 13.4. The van der Waals surface area contributed by atoms with Crippen LogP contribution in [0.25, 0.3) is 0 Å². The average molecular weight is 629 g/mol. The Balaban J connectivity index is 1.56. The zero-order chi connectivity index (χ0) is 32.3. The molecule has 250 valence electrons. The van der Waals surface area contributed by atoms with E-state index in [1.165, 1.54) is 4.90 Å². The number of fused-ring (bicyclic) bond motifs is 3. The molecule has 1 amide bonds. The predicted octanol–water partition coefficient (Wildman–Crippen LogP) is 4.25. The lowest BCUT2D eigenvalue weighted by molar-refractivity contribution is -0.167. The highest BCUT2D eigenvalue weighted by Gasteiger charge is 2.43. The summed E-state index contributed by atoms with van der Waals surface area (Å²) >= 11 is 0. The number of esters is 2. The van der Waals surface area contributed by atoms with E-state index in [1.54, 1.807) is 6.08 Å². The van der Waals surface area contributed by atoms with E-state index in [-0.39, 0.29) is 43.6 Å². The third kappa shape index (κ3) is 9.82. The number of allylic oxidation sites excluding steroid dienone is 2. The molecule has 45 heavy (non-hydrogen) atoms. The van der Waals surface area contributed by atoms with Crippen LogP contribution in [0.4, 0.5) is 0 Å². The number of hydrogen-bond donors (Lipinski definition) is 1. The second-order valence-electron chi connectivity index (χ2n) is 13.4. The molecule has 0 aromatic rings. The molecule has 10 heteroatoms. The van der Waals surface area contributed by atoms with E-state index in [0.29, 0.717) is 50.9 Å². The van der Waals surface area contributed by atoms with Crippen LogP contribution in [0.1, 0.15) is 97.3 Å². The van der Waals surface area contributed by atoms with Gasteiger partial charge in [-0.15, -0.1) is 6.58 Å². The highest BCUT2D eigenvalue weighted by molar-refractivity contribution is 6.38. The Labute approximate surface area is 267 Å². The summed E-state index contributed by atoms with van der Waals surface area (Å²) in [7, 11) is 0. The molecule has 10 nitrogen and oxygen atoms in total. The van der Waals surface area contributed by atoms with Crippen LogP contribution in [-0.4, -0.2) is 84.9 Å². The minimum Gasteiger partial charge on any atom is -0.463 e. The maximum atomic E-state index is 13.7. The summed E-state index contributed by atoms with van der Waals surface area (Å²) in [4.78, 5) is 67.9. The number of nitrogens with zero attached hydrogens (tertiary/aromatic N) is 1. The van der Waals surface area contributed by atoms with Crippen molar-refractivity contribution in [2.75, 3.05) is 26.2 Å². The molecule has 4 heterocycles. The smallest absolute Gasteiger partial charge is 0.335 e. The van der Waals surface area contributed by atoms with Crippen LogP contribution in [0.15, 0.2) is 24.3 Å². The topological polar surface area (TPSA) is 128 Å². The molecule has 1 N–H and O–H groups in total. The molecule has 7 atom stereocenters. The third-order valence-electron chi connectivity index (χ3n) is 9.89. The van der Waals surface area contributed by atoms with Crippen molar-refractivity contribution in [3.05, 3.63) is 24.3 Å². The van der Waals surface area contributed by atoms with Crippen molar-refractivity contribution in [3.63, 3.8) is 0 Å². The van der Waals surface area contributed by atoms with Gasteiger partial charge in [0.25, 0.3) is 5.91 Å². The second kappa shape index (κ2) is 17.2.